The fourth-order valence-corrected chi connectivity index (χ4v) is 0.892. The summed E-state index contributed by atoms with van der Waals surface area (Å²) in [6.07, 6.45) is 7.50. The molecule has 0 aliphatic carbocycles. The zero-order valence-corrected chi connectivity index (χ0v) is 7.62. The van der Waals surface area contributed by atoms with Gasteiger partial charge >= 0.3 is 0 Å². The first-order valence-corrected chi connectivity index (χ1v) is 4.02. The maximum absolute atomic E-state index is 8.42. The number of aliphatic hydroxyl groups excluding tert-OH is 1. The van der Waals surface area contributed by atoms with Crippen LogP contribution in [0, 0.1) is 0 Å². The fraction of sp³-hybridized carbons (Fsp3) is 1.00. The molecule has 0 atom stereocenters. The van der Waals surface area contributed by atoms with Gasteiger partial charge in [-0.25, -0.2) is 0 Å². The van der Waals surface area contributed by atoms with E-state index in [1.54, 1.807) is 0 Å². The highest BCUT2D eigenvalue weighted by atomic mass is 19.0. The van der Waals surface area contributed by atoms with Crippen molar-refractivity contribution in [1.82, 2.24) is 0 Å². The molecule has 0 aliphatic rings. The van der Waals surface area contributed by atoms with Gasteiger partial charge in [0.2, 0.25) is 0 Å². The lowest BCUT2D eigenvalue weighted by molar-refractivity contribution is 0.282. The number of rotatable bonds is 6. The molecule has 0 aliphatic heterocycles. The molecular weight excluding hydrogens is 180 g/mol. The highest BCUT2D eigenvalue weighted by molar-refractivity contribution is 5.75. The lowest BCUT2D eigenvalue weighted by Gasteiger charge is -1.95. The minimum Gasteiger partial charge on any atom is -0.396 e. The Morgan fingerprint density at radius 2 is 1.15 bits per heavy atom. The van der Waals surface area contributed by atoms with Crippen molar-refractivity contribution in [3.05, 3.63) is 0 Å². The number of hydrogen-bond acceptors (Lipinski definition) is 1. The van der Waals surface area contributed by atoms with Crippen molar-refractivity contribution in [3.8, 4) is 0 Å². The van der Waals surface area contributed by atoms with Gasteiger partial charge in [-0.1, -0.05) is 39.0 Å². The van der Waals surface area contributed by atoms with Gasteiger partial charge in [0.1, 0.15) is 0 Å². The van der Waals surface area contributed by atoms with Crippen LogP contribution in [0.4, 0.5) is 14.1 Å². The number of unbranched alkanes of at least 4 members (excludes halogenated alkanes) is 5. The molecule has 1 nitrogen and oxygen atoms in total. The Balaban J connectivity index is -0.0000000533. The highest BCUT2D eigenvalue weighted by Gasteiger charge is 1.86. The smallest absolute Gasteiger partial charge is 0.0814 e. The largest absolute Gasteiger partial charge is 0.396 e. The molecule has 0 spiro atoms. The molecule has 13 heavy (non-hydrogen) atoms. The summed E-state index contributed by atoms with van der Waals surface area (Å²) in [5, 5.41) is 8.42. The van der Waals surface area contributed by atoms with Gasteiger partial charge < -0.3 is 5.11 Å². The van der Waals surface area contributed by atoms with E-state index >= 15 is 0 Å². The molecule has 5 heteroatoms. The number of hydrogen-bond donors (Lipinski definition) is 1. The van der Waals surface area contributed by atoms with Crippen LogP contribution in [0.1, 0.15) is 45.4 Å². The third-order valence-electron chi connectivity index (χ3n) is 1.51. The molecule has 0 aromatic heterocycles. The third-order valence-corrected chi connectivity index (χ3v) is 1.51. The molecule has 0 aromatic rings. The first-order valence-electron chi connectivity index (χ1n) is 4.02. The second-order valence-electron chi connectivity index (χ2n) is 2.49. The predicted octanol–water partition coefficient (Wildman–Crippen LogP) is 1.61. The van der Waals surface area contributed by atoms with Crippen LogP contribution >= 0.6 is 0 Å². The van der Waals surface area contributed by atoms with Crippen molar-refractivity contribution >= 4 is 8.41 Å². The van der Waals surface area contributed by atoms with Gasteiger partial charge in [-0.05, 0) is 6.42 Å². The van der Waals surface area contributed by atoms with Gasteiger partial charge in [-0.15, -0.1) is 0 Å². The molecule has 0 unspecified atom stereocenters. The normalized spacial score (nSPS) is 6.92. The van der Waals surface area contributed by atoms with E-state index in [2.05, 4.69) is 6.92 Å². The SMILES string of the molecule is B.CCCCCCCCO.F.F.F. The second kappa shape index (κ2) is 29.8. The van der Waals surface area contributed by atoms with Gasteiger partial charge in [0.05, 0.1) is 8.41 Å². The minimum atomic E-state index is 0. The van der Waals surface area contributed by atoms with Crippen LogP contribution < -0.4 is 0 Å². The van der Waals surface area contributed by atoms with Crippen molar-refractivity contribution in [1.29, 1.82) is 0 Å². The van der Waals surface area contributed by atoms with E-state index in [4.69, 9.17) is 5.11 Å². The molecule has 0 fully saturated rings. The molecule has 86 valence electrons. The van der Waals surface area contributed by atoms with Crippen LogP contribution in [-0.4, -0.2) is 20.1 Å². The number of halogens is 3. The average molecular weight is 204 g/mol. The van der Waals surface area contributed by atoms with Gasteiger partial charge in [0.25, 0.3) is 0 Å². The summed E-state index contributed by atoms with van der Waals surface area (Å²) in [5.74, 6) is 0. The predicted molar refractivity (Wildman–Crippen MR) is 57.9 cm³/mol. The van der Waals surface area contributed by atoms with E-state index in [9.17, 15) is 0 Å². The molecule has 0 amide bonds. The maximum atomic E-state index is 8.42. The van der Waals surface area contributed by atoms with Gasteiger partial charge in [0.15, 0.2) is 0 Å². The lowest BCUT2D eigenvalue weighted by Crippen LogP contribution is -1.82. The Morgan fingerprint density at radius 3 is 1.54 bits per heavy atom. The van der Waals surface area contributed by atoms with E-state index in [0.717, 1.165) is 6.42 Å². The van der Waals surface area contributed by atoms with Crippen molar-refractivity contribution in [3.63, 3.8) is 0 Å². The Bertz CT molecular complexity index is 52.7. The summed E-state index contributed by atoms with van der Waals surface area (Å²) >= 11 is 0. The van der Waals surface area contributed by atoms with E-state index < -0.39 is 0 Å². The summed E-state index contributed by atoms with van der Waals surface area (Å²) in [7, 11) is 0. The van der Waals surface area contributed by atoms with Crippen molar-refractivity contribution in [2.75, 3.05) is 6.61 Å². The fourth-order valence-electron chi connectivity index (χ4n) is 0.892. The van der Waals surface area contributed by atoms with E-state index in [1.165, 1.54) is 32.1 Å². The third kappa shape index (κ3) is 33.7. The average Bonchev–Trinajstić information content (AvgIpc) is 1.89. The molecule has 0 heterocycles. The van der Waals surface area contributed by atoms with E-state index in [-0.39, 0.29) is 22.5 Å². The number of aliphatic hydroxyl groups is 1. The van der Waals surface area contributed by atoms with Crippen molar-refractivity contribution < 1.29 is 19.2 Å². The topological polar surface area (TPSA) is 20.2 Å². The molecule has 0 saturated carbocycles. The Labute approximate surface area is 80.6 Å². The maximum Gasteiger partial charge on any atom is 0.0814 e. The van der Waals surface area contributed by atoms with Gasteiger partial charge in [0, 0.05) is 6.61 Å². The lowest BCUT2D eigenvalue weighted by atomic mass is 10.1. The van der Waals surface area contributed by atoms with Crippen molar-refractivity contribution in [2.45, 2.75) is 45.4 Å². The summed E-state index contributed by atoms with van der Waals surface area (Å²) in [4.78, 5) is 0. The molecule has 0 bridgehead atoms. The molecular formula is C8H24BF3O. The van der Waals surface area contributed by atoms with E-state index in [1.807, 2.05) is 0 Å². The molecule has 0 aromatic carbocycles. The monoisotopic (exact) mass is 204 g/mol. The van der Waals surface area contributed by atoms with Crippen LogP contribution in [0.15, 0.2) is 0 Å². The molecule has 1 N–H and O–H groups in total. The Morgan fingerprint density at radius 1 is 0.769 bits per heavy atom. The Hall–Kier alpha value is -0.185. The zero-order valence-electron chi connectivity index (χ0n) is 7.62. The quantitative estimate of drug-likeness (QED) is 0.514. The molecule has 0 rings (SSSR count). The second-order valence-corrected chi connectivity index (χ2v) is 2.49. The zero-order chi connectivity index (χ0) is 6.95. The molecule has 0 radical (unpaired) electrons. The Kier molecular flexibility index (Phi) is 67.0. The first-order chi connectivity index (χ1) is 4.41. The minimum absolute atomic E-state index is 0. The van der Waals surface area contributed by atoms with E-state index in [0.29, 0.717) is 6.61 Å². The van der Waals surface area contributed by atoms with Crippen LogP contribution in [0.5, 0.6) is 0 Å². The standard InChI is InChI=1S/C8H18O.BH3.3FH/c1-2-3-4-5-6-7-8-9;;;;/h9H,2-8H2,1H3;1H3;3*1H. The van der Waals surface area contributed by atoms with Crippen LogP contribution in [-0.2, 0) is 0 Å². The van der Waals surface area contributed by atoms with Gasteiger partial charge in [-0.2, -0.15) is 0 Å². The van der Waals surface area contributed by atoms with Crippen LogP contribution in [0.3, 0.4) is 0 Å². The van der Waals surface area contributed by atoms with Crippen LogP contribution in [0.2, 0.25) is 0 Å². The van der Waals surface area contributed by atoms with Crippen LogP contribution in [0.25, 0.3) is 0 Å². The summed E-state index contributed by atoms with van der Waals surface area (Å²) in [6, 6.07) is 0. The van der Waals surface area contributed by atoms with Gasteiger partial charge in [-0.3, -0.25) is 14.1 Å². The van der Waals surface area contributed by atoms with Crippen molar-refractivity contribution in [2.24, 2.45) is 0 Å². The first kappa shape index (κ1) is 29.3. The highest BCUT2D eigenvalue weighted by Crippen LogP contribution is 2.03. The molecule has 0 saturated heterocycles. The summed E-state index contributed by atoms with van der Waals surface area (Å²) < 4.78 is 0. The summed E-state index contributed by atoms with van der Waals surface area (Å²) in [6.45, 7) is 2.58. The summed E-state index contributed by atoms with van der Waals surface area (Å²) in [5.41, 5.74) is 0.